The van der Waals surface area contributed by atoms with Crippen molar-refractivity contribution < 1.29 is 8.83 Å². The number of furan rings is 2. The smallest absolute Gasteiger partial charge is 0.138 e. The second-order valence-corrected chi connectivity index (χ2v) is 24.8. The number of aryl methyl sites for hydroxylation is 2. The summed E-state index contributed by atoms with van der Waals surface area (Å²) < 4.78 is 14.6. The summed E-state index contributed by atoms with van der Waals surface area (Å²) in [6, 6.07) is 122. The Labute approximate surface area is 556 Å². The fourth-order valence-corrected chi connectivity index (χ4v) is 14.9. The van der Waals surface area contributed by atoms with Crippen LogP contribution < -0.4 is 19.6 Å². The van der Waals surface area contributed by atoms with Gasteiger partial charge >= 0.3 is 0 Å². The molecule has 2 heterocycles. The van der Waals surface area contributed by atoms with E-state index in [0.29, 0.717) is 0 Å². The van der Waals surface area contributed by atoms with Crippen molar-refractivity contribution in [2.24, 2.45) is 0 Å². The van der Waals surface area contributed by atoms with Gasteiger partial charge in [-0.15, -0.1) is 0 Å². The third-order valence-electron chi connectivity index (χ3n) is 19.2. The quantitative estimate of drug-likeness (QED) is 0.115. The van der Waals surface area contributed by atoms with E-state index in [1.54, 1.807) is 0 Å². The molecule has 16 aromatic carbocycles. The first-order valence-electron chi connectivity index (χ1n) is 32.8. The summed E-state index contributed by atoms with van der Waals surface area (Å²) in [5.74, 6) is 0. The summed E-state index contributed by atoms with van der Waals surface area (Å²) in [5, 5.41) is 13.4. The predicted molar refractivity (Wildman–Crippen MR) is 405 cm³/mol. The molecule has 0 N–H and O–H groups in total. The molecule has 0 saturated heterocycles. The van der Waals surface area contributed by atoms with Gasteiger partial charge in [-0.05, 0) is 143 Å². The highest BCUT2D eigenvalue weighted by atomic mass is 16.3. The Balaban J connectivity index is 0.791. The summed E-state index contributed by atoms with van der Waals surface area (Å²) in [4.78, 5) is 9.53. The third-order valence-corrected chi connectivity index (χ3v) is 19.2. The number of hydrogen-bond donors (Lipinski definition) is 0. The molecule has 0 radical (unpaired) electrons. The van der Waals surface area contributed by atoms with Crippen LogP contribution in [0.4, 0.5) is 68.2 Å². The van der Waals surface area contributed by atoms with Crippen molar-refractivity contribution in [3.63, 3.8) is 0 Å². The molecule has 0 atom stereocenters. The average Bonchev–Trinajstić information content (AvgIpc) is 1.53. The molecule has 0 spiro atoms. The van der Waals surface area contributed by atoms with Crippen LogP contribution in [0.1, 0.15) is 11.1 Å². The zero-order chi connectivity index (χ0) is 63.8. The van der Waals surface area contributed by atoms with E-state index in [1.165, 1.54) is 5.56 Å². The molecule has 18 aromatic rings. The molecular weight excluding hydrogens is 1170 g/mol. The van der Waals surface area contributed by atoms with E-state index in [4.69, 9.17) is 8.83 Å². The SMILES string of the molecule is Cc1ccccc1N(c1ccccc1)c1cc2oc3cc(N(c4cccc(-c5cccc(N(c6ccccc6)c6cc7oc8cc(N(c9ccccc9)c9ccccc9)c9ccccc9c8c7c7ccccc67)c5)c4)c4ccccc4C)c4ccccc4c3c2c2ccccc12. The fraction of sp³-hybridized carbons (Fsp3) is 0.0222. The maximum Gasteiger partial charge on any atom is 0.138 e. The predicted octanol–water partition coefficient (Wildman–Crippen LogP) is 26.3. The number of rotatable bonds is 13. The van der Waals surface area contributed by atoms with Crippen molar-refractivity contribution in [2.45, 2.75) is 13.8 Å². The number of hydrogen-bond acceptors (Lipinski definition) is 6. The molecule has 2 aromatic heterocycles. The molecule has 454 valence electrons. The molecule has 0 aliphatic heterocycles. The first kappa shape index (κ1) is 56.1. The first-order valence-corrected chi connectivity index (χ1v) is 32.8. The summed E-state index contributed by atoms with van der Waals surface area (Å²) in [7, 11) is 0. The van der Waals surface area contributed by atoms with E-state index >= 15 is 0 Å². The highest BCUT2D eigenvalue weighted by molar-refractivity contribution is 6.32. The highest BCUT2D eigenvalue weighted by Crippen LogP contribution is 2.53. The Morgan fingerprint density at radius 3 is 0.760 bits per heavy atom. The van der Waals surface area contributed by atoms with Crippen LogP contribution in [0.15, 0.2) is 349 Å². The van der Waals surface area contributed by atoms with E-state index in [-0.39, 0.29) is 0 Å². The minimum Gasteiger partial charge on any atom is -0.456 e. The van der Waals surface area contributed by atoms with E-state index in [1.807, 2.05) is 0 Å². The lowest BCUT2D eigenvalue weighted by atomic mass is 9.96. The zero-order valence-corrected chi connectivity index (χ0v) is 52.9. The summed E-state index contributed by atoms with van der Waals surface area (Å²) >= 11 is 0. The molecule has 0 saturated carbocycles. The van der Waals surface area contributed by atoms with Crippen LogP contribution in [-0.2, 0) is 0 Å². The average molecular weight is 1230 g/mol. The lowest BCUT2D eigenvalue weighted by Gasteiger charge is -2.29. The normalized spacial score (nSPS) is 11.6. The van der Waals surface area contributed by atoms with E-state index in [2.05, 4.69) is 373 Å². The summed E-state index contributed by atoms with van der Waals surface area (Å²) in [6.07, 6.45) is 0. The van der Waals surface area contributed by atoms with Gasteiger partial charge in [-0.2, -0.15) is 0 Å². The van der Waals surface area contributed by atoms with Crippen LogP contribution >= 0.6 is 0 Å². The second kappa shape index (κ2) is 23.2. The number of anilines is 12. The third kappa shape index (κ3) is 9.33. The fourth-order valence-electron chi connectivity index (χ4n) is 14.9. The number of benzene rings is 16. The summed E-state index contributed by atoms with van der Waals surface area (Å²) in [6.45, 7) is 4.39. The van der Waals surface area contributed by atoms with Gasteiger partial charge < -0.3 is 28.4 Å². The molecule has 96 heavy (non-hydrogen) atoms. The summed E-state index contributed by atoms with van der Waals surface area (Å²) in [5.41, 5.74) is 20.3. The van der Waals surface area contributed by atoms with Gasteiger partial charge in [0.15, 0.2) is 0 Å². The molecule has 0 amide bonds. The van der Waals surface area contributed by atoms with Crippen molar-refractivity contribution in [1.29, 1.82) is 0 Å². The topological polar surface area (TPSA) is 39.2 Å². The Morgan fingerprint density at radius 1 is 0.188 bits per heavy atom. The second-order valence-electron chi connectivity index (χ2n) is 24.8. The molecule has 6 heteroatoms. The van der Waals surface area contributed by atoms with Gasteiger partial charge in [0, 0.05) is 113 Å². The van der Waals surface area contributed by atoms with Crippen LogP contribution in [-0.4, -0.2) is 0 Å². The Kier molecular flexibility index (Phi) is 13.6. The highest BCUT2D eigenvalue weighted by Gasteiger charge is 2.28. The van der Waals surface area contributed by atoms with Crippen LogP contribution in [0.2, 0.25) is 0 Å². The van der Waals surface area contributed by atoms with Crippen molar-refractivity contribution in [1.82, 2.24) is 0 Å². The largest absolute Gasteiger partial charge is 0.456 e. The molecule has 18 rings (SSSR count). The van der Waals surface area contributed by atoms with Gasteiger partial charge in [-0.25, -0.2) is 0 Å². The van der Waals surface area contributed by atoms with Crippen LogP contribution in [0, 0.1) is 13.8 Å². The van der Waals surface area contributed by atoms with Crippen molar-refractivity contribution in [2.75, 3.05) is 19.6 Å². The standard InChI is InChI=1S/C90H62N4O2/c1-59-29-15-25-51-77(59)93(66-39-13-6-14-40-66)81-57-85-89(75-49-23-19-45-71(75)81)90-76-50-24-20-46-72(76)82(58-86(90)96-85)94(78-52-26-16-30-60(78)2)68-42-28-32-62(54-68)61-31-27-41-67(53-61)92(65-37-11-5-12-38-65)80-56-84-88(74-48-22-18-44-70(74)80)87-73-47-21-17-43-69(73)79(55-83(87)95-84)91(63-33-7-3-8-34-63)64-35-9-4-10-36-64/h3-58H,1-2H3. The molecule has 0 unspecified atom stereocenters. The van der Waals surface area contributed by atoms with Crippen LogP contribution in [0.5, 0.6) is 0 Å². The van der Waals surface area contributed by atoms with E-state index in [9.17, 15) is 0 Å². The lowest BCUT2D eigenvalue weighted by Crippen LogP contribution is -2.12. The van der Waals surface area contributed by atoms with Gasteiger partial charge in [0.05, 0.1) is 22.7 Å². The van der Waals surface area contributed by atoms with Crippen molar-refractivity contribution in [3.8, 4) is 11.1 Å². The van der Waals surface area contributed by atoms with Gasteiger partial charge in [0.1, 0.15) is 22.3 Å². The number of nitrogens with zero attached hydrogens (tertiary/aromatic N) is 4. The Morgan fingerprint density at radius 2 is 0.427 bits per heavy atom. The van der Waals surface area contributed by atoms with Gasteiger partial charge in [0.25, 0.3) is 0 Å². The van der Waals surface area contributed by atoms with Crippen LogP contribution in [0.25, 0.3) is 98.1 Å². The van der Waals surface area contributed by atoms with Gasteiger partial charge in [-0.3, -0.25) is 0 Å². The molecule has 0 aliphatic carbocycles. The molecule has 0 aliphatic rings. The number of fused-ring (bicyclic) bond motifs is 14. The minimum atomic E-state index is 0.812. The lowest BCUT2D eigenvalue weighted by molar-refractivity contribution is 0.669. The Bertz CT molecular complexity index is 5980. The van der Waals surface area contributed by atoms with Crippen molar-refractivity contribution >= 4 is 155 Å². The van der Waals surface area contributed by atoms with Gasteiger partial charge in [-0.1, -0.05) is 231 Å². The van der Waals surface area contributed by atoms with Gasteiger partial charge in [0.2, 0.25) is 0 Å². The first-order chi connectivity index (χ1) is 47.5. The van der Waals surface area contributed by atoms with Crippen molar-refractivity contribution in [3.05, 3.63) is 351 Å². The molecular formula is C90H62N4O2. The minimum absolute atomic E-state index is 0.812. The Hall–Kier alpha value is -12.6. The molecule has 0 bridgehead atoms. The maximum atomic E-state index is 7.32. The monoisotopic (exact) mass is 1230 g/mol. The molecule has 0 fully saturated rings. The van der Waals surface area contributed by atoms with Crippen LogP contribution in [0.3, 0.4) is 0 Å². The number of para-hydroxylation sites is 6. The van der Waals surface area contributed by atoms with E-state index in [0.717, 1.165) is 172 Å². The molecule has 6 nitrogen and oxygen atoms in total. The van der Waals surface area contributed by atoms with E-state index < -0.39 is 0 Å². The zero-order valence-electron chi connectivity index (χ0n) is 52.9. The maximum absolute atomic E-state index is 7.32.